The Balaban J connectivity index is 1.38. The minimum absolute atomic E-state index is 0.107. The molecule has 2 saturated heterocycles. The van der Waals surface area contributed by atoms with Crippen molar-refractivity contribution in [1.29, 1.82) is 5.26 Å². The van der Waals surface area contributed by atoms with Crippen LogP contribution in [0.25, 0.3) is 11.3 Å². The number of nitrogens with one attached hydrogen (secondary N) is 1. The first kappa shape index (κ1) is 18.3. The number of hydrogen-bond donors (Lipinski definition) is 1. The highest BCUT2D eigenvalue weighted by Gasteiger charge is 2.63. The van der Waals surface area contributed by atoms with Gasteiger partial charge in [0.2, 0.25) is 0 Å². The van der Waals surface area contributed by atoms with Crippen molar-refractivity contribution < 1.29 is 9.53 Å². The van der Waals surface area contributed by atoms with E-state index in [1.54, 1.807) is 15.9 Å². The van der Waals surface area contributed by atoms with E-state index in [0.29, 0.717) is 23.1 Å². The Morgan fingerprint density at radius 2 is 2.00 bits per heavy atom. The van der Waals surface area contributed by atoms with Crippen molar-refractivity contribution in [2.45, 2.75) is 25.6 Å². The lowest BCUT2D eigenvalue weighted by molar-refractivity contribution is 0.0807. The summed E-state index contributed by atoms with van der Waals surface area (Å²) in [5, 5.41) is 16.6. The molecule has 2 fully saturated rings. The third-order valence-corrected chi connectivity index (χ3v) is 5.89. The number of fused-ring (bicyclic) bond motifs is 1. The molecule has 0 spiro atoms. The zero-order valence-electron chi connectivity index (χ0n) is 16.5. The lowest BCUT2D eigenvalue weighted by atomic mass is 10.1. The van der Waals surface area contributed by atoms with Crippen LogP contribution in [0.5, 0.6) is 11.5 Å². The number of aromatic amines is 1. The average Bonchev–Trinajstić information content (AvgIpc) is 3.14. The fraction of sp³-hybridized carbons (Fsp3) is 0.261. The van der Waals surface area contributed by atoms with E-state index in [1.165, 1.54) is 0 Å². The fourth-order valence-corrected chi connectivity index (χ4v) is 4.33. The number of nitriles is 1. The Bertz CT molecular complexity index is 1120. The van der Waals surface area contributed by atoms with Crippen LogP contribution in [0.4, 0.5) is 0 Å². The van der Waals surface area contributed by atoms with Gasteiger partial charge in [0.15, 0.2) is 11.9 Å². The molecule has 3 aromatic rings. The van der Waals surface area contributed by atoms with Crippen LogP contribution in [0.3, 0.4) is 0 Å². The van der Waals surface area contributed by atoms with Gasteiger partial charge in [-0.25, -0.2) is 0 Å². The first-order chi connectivity index (χ1) is 14.7. The second kappa shape index (κ2) is 7.23. The second-order valence-electron chi connectivity index (χ2n) is 7.62. The van der Waals surface area contributed by atoms with E-state index < -0.39 is 0 Å². The number of ether oxygens (including phenoxy) is 1. The second-order valence-corrected chi connectivity index (χ2v) is 7.62. The molecule has 2 aliphatic heterocycles. The van der Waals surface area contributed by atoms with E-state index in [9.17, 15) is 10.1 Å². The third kappa shape index (κ3) is 2.98. The largest absolute Gasteiger partial charge is 0.457 e. The smallest absolute Gasteiger partial charge is 0.276 e. The molecule has 7 heteroatoms. The predicted octanol–water partition coefficient (Wildman–Crippen LogP) is 3.84. The van der Waals surface area contributed by atoms with Crippen LogP contribution in [0.2, 0.25) is 0 Å². The van der Waals surface area contributed by atoms with Gasteiger partial charge in [0, 0.05) is 18.0 Å². The fourth-order valence-electron chi connectivity index (χ4n) is 4.33. The topological polar surface area (TPSA) is 85.0 Å². The van der Waals surface area contributed by atoms with Gasteiger partial charge in [-0.1, -0.05) is 37.3 Å². The van der Waals surface area contributed by atoms with Crippen molar-refractivity contribution in [3.63, 3.8) is 0 Å². The zero-order valence-corrected chi connectivity index (χ0v) is 16.5. The lowest BCUT2D eigenvalue weighted by Gasteiger charge is -2.18. The van der Waals surface area contributed by atoms with E-state index in [-0.39, 0.29) is 18.1 Å². The molecule has 1 N–H and O–H groups in total. The van der Waals surface area contributed by atoms with Gasteiger partial charge < -0.3 is 9.64 Å². The van der Waals surface area contributed by atoms with Crippen LogP contribution in [-0.4, -0.2) is 44.7 Å². The summed E-state index contributed by atoms with van der Waals surface area (Å²) in [4.78, 5) is 16.5. The van der Waals surface area contributed by atoms with Gasteiger partial charge in [-0.15, -0.1) is 0 Å². The summed E-state index contributed by atoms with van der Waals surface area (Å²) in [5.74, 6) is 1.60. The number of carbonyl (C=O) groups excluding carboxylic acids is 1. The summed E-state index contributed by atoms with van der Waals surface area (Å²) in [6.07, 6.45) is 3.03. The Morgan fingerprint density at radius 3 is 2.77 bits per heavy atom. The lowest BCUT2D eigenvalue weighted by Crippen LogP contribution is -2.31. The molecule has 0 radical (unpaired) electrons. The van der Waals surface area contributed by atoms with Crippen LogP contribution < -0.4 is 4.74 Å². The number of H-pyrrole nitrogens is 1. The SMILES string of the molecule is CCC1CN(C#N)C2[C@H]1N2C(=O)c1cc(-c2ccccc2Oc2ccccc2)[nH]n1. The molecule has 150 valence electrons. The van der Waals surface area contributed by atoms with Gasteiger partial charge in [0.1, 0.15) is 17.7 Å². The minimum atomic E-state index is -0.146. The summed E-state index contributed by atoms with van der Waals surface area (Å²) in [7, 11) is 0. The van der Waals surface area contributed by atoms with Crippen LogP contribution >= 0.6 is 0 Å². The number of amides is 1. The molecule has 3 heterocycles. The summed E-state index contributed by atoms with van der Waals surface area (Å²) in [5.41, 5.74) is 1.88. The summed E-state index contributed by atoms with van der Waals surface area (Å²) in [6, 6.07) is 19.0. The number of aromatic nitrogens is 2. The van der Waals surface area contributed by atoms with Gasteiger partial charge >= 0.3 is 0 Å². The molecule has 0 saturated carbocycles. The van der Waals surface area contributed by atoms with Crippen molar-refractivity contribution in [1.82, 2.24) is 20.0 Å². The molecule has 30 heavy (non-hydrogen) atoms. The Morgan fingerprint density at radius 1 is 1.23 bits per heavy atom. The van der Waals surface area contributed by atoms with E-state index in [2.05, 4.69) is 23.3 Å². The Labute approximate surface area is 174 Å². The first-order valence-electron chi connectivity index (χ1n) is 10.1. The molecule has 1 amide bonds. The minimum Gasteiger partial charge on any atom is -0.457 e. The maximum Gasteiger partial charge on any atom is 0.276 e. The molecule has 1 aromatic heterocycles. The molecule has 2 aromatic carbocycles. The van der Waals surface area contributed by atoms with Crippen molar-refractivity contribution in [2.75, 3.05) is 6.54 Å². The Hall–Kier alpha value is -3.79. The molecule has 7 nitrogen and oxygen atoms in total. The quantitative estimate of drug-likeness (QED) is 0.520. The zero-order chi connectivity index (χ0) is 20.7. The molecule has 2 unspecified atom stereocenters. The molecule has 2 aliphatic rings. The summed E-state index contributed by atoms with van der Waals surface area (Å²) < 4.78 is 6.03. The van der Waals surface area contributed by atoms with E-state index >= 15 is 0 Å². The Kier molecular flexibility index (Phi) is 4.40. The van der Waals surface area contributed by atoms with Gasteiger partial charge in [0.05, 0.1) is 11.7 Å². The third-order valence-electron chi connectivity index (χ3n) is 5.89. The standard InChI is InChI=1S/C23H21N5O2/c1-2-15-13-27(14-24)22-21(15)28(22)23(29)19-12-18(25-26-19)17-10-6-7-11-20(17)30-16-8-4-3-5-9-16/h3-12,15,21-22H,2,13H2,1H3,(H,25,26)/t15?,21-,22?,28?/m0/s1. The van der Waals surface area contributed by atoms with Crippen molar-refractivity contribution in [2.24, 2.45) is 5.92 Å². The van der Waals surface area contributed by atoms with E-state index in [4.69, 9.17) is 4.74 Å². The van der Waals surface area contributed by atoms with Crippen LogP contribution in [0, 0.1) is 17.4 Å². The summed E-state index contributed by atoms with van der Waals surface area (Å²) >= 11 is 0. The van der Waals surface area contributed by atoms with Crippen LogP contribution in [-0.2, 0) is 0 Å². The molecular formula is C23H21N5O2. The highest BCUT2D eigenvalue weighted by molar-refractivity contribution is 5.96. The van der Waals surface area contributed by atoms with Gasteiger partial charge in [-0.2, -0.15) is 10.4 Å². The highest BCUT2D eigenvalue weighted by atomic mass is 16.5. The summed E-state index contributed by atoms with van der Waals surface area (Å²) in [6.45, 7) is 2.82. The normalized spacial score (nSPS) is 21.8. The molecule has 5 rings (SSSR count). The van der Waals surface area contributed by atoms with Crippen LogP contribution in [0.15, 0.2) is 60.7 Å². The first-order valence-corrected chi connectivity index (χ1v) is 10.1. The van der Waals surface area contributed by atoms with Crippen molar-refractivity contribution >= 4 is 5.91 Å². The number of likely N-dealkylation sites (tertiary alicyclic amines) is 1. The van der Waals surface area contributed by atoms with Crippen molar-refractivity contribution in [3.8, 4) is 28.9 Å². The molecular weight excluding hydrogens is 378 g/mol. The van der Waals surface area contributed by atoms with Gasteiger partial charge in [0.25, 0.3) is 5.91 Å². The number of carbonyl (C=O) groups is 1. The number of para-hydroxylation sites is 2. The van der Waals surface area contributed by atoms with Gasteiger partial charge in [-0.3, -0.25) is 14.8 Å². The number of benzene rings is 2. The van der Waals surface area contributed by atoms with Gasteiger partial charge in [-0.05, 0) is 36.8 Å². The number of rotatable bonds is 5. The van der Waals surface area contributed by atoms with Crippen molar-refractivity contribution in [3.05, 3.63) is 66.4 Å². The number of hydrogen-bond acceptors (Lipinski definition) is 5. The van der Waals surface area contributed by atoms with E-state index in [0.717, 1.165) is 24.3 Å². The van der Waals surface area contributed by atoms with E-state index in [1.807, 2.05) is 54.6 Å². The molecule has 0 bridgehead atoms. The number of nitrogens with zero attached hydrogens (tertiary/aromatic N) is 4. The molecule has 3 atom stereocenters. The predicted molar refractivity (Wildman–Crippen MR) is 110 cm³/mol. The van der Waals surface area contributed by atoms with Crippen LogP contribution in [0.1, 0.15) is 23.8 Å². The molecule has 0 aliphatic carbocycles. The monoisotopic (exact) mass is 399 g/mol. The highest BCUT2D eigenvalue weighted by Crippen LogP contribution is 2.45. The maximum absolute atomic E-state index is 13.0. The maximum atomic E-state index is 13.0. The average molecular weight is 399 g/mol.